The van der Waals surface area contributed by atoms with Crippen LogP contribution in [0.5, 0.6) is 0 Å². The van der Waals surface area contributed by atoms with Crippen LogP contribution in [0.25, 0.3) is 0 Å². The molecular weight excluding hydrogens is 1140 g/mol. The van der Waals surface area contributed by atoms with E-state index in [2.05, 4.69) is 45.7 Å². The van der Waals surface area contributed by atoms with Gasteiger partial charge in [0, 0.05) is 44.1 Å². The van der Waals surface area contributed by atoms with Gasteiger partial charge in [-0.1, -0.05) is 175 Å². The topological polar surface area (TPSA) is 327 Å². The highest BCUT2D eigenvalue weighted by atomic mass is 32.2. The number of carbonyl (C=O) groups excluding carboxylic acids is 8. The molecule has 510 valence electrons. The fourth-order valence-corrected chi connectivity index (χ4v) is 12.2. The van der Waals surface area contributed by atoms with Gasteiger partial charge in [-0.3, -0.25) is 38.4 Å². The number of primary amides is 1. The molecular formula is C67H126N10O10S. The number of carbonyl (C=O) groups is 9. The normalized spacial score (nSPS) is 14.7. The molecule has 13 N–H and O–H groups in total. The van der Waals surface area contributed by atoms with Gasteiger partial charge in [-0.15, -0.1) is 0 Å². The molecule has 0 aromatic carbocycles. The number of rotatable bonds is 60. The number of likely N-dealkylation sites (tertiary alicyclic amines) is 1. The van der Waals surface area contributed by atoms with Crippen LogP contribution in [0, 0.1) is 5.92 Å². The first-order valence-corrected chi connectivity index (χ1v) is 36.3. The van der Waals surface area contributed by atoms with Crippen LogP contribution in [0.1, 0.15) is 290 Å². The lowest BCUT2D eigenvalue weighted by atomic mass is 10.0. The van der Waals surface area contributed by atoms with Crippen molar-refractivity contribution in [2.45, 2.75) is 321 Å². The minimum absolute atomic E-state index is 0.0112. The summed E-state index contributed by atoms with van der Waals surface area (Å²) in [6.07, 6.45) is 38.2. The zero-order valence-corrected chi connectivity index (χ0v) is 56.1. The van der Waals surface area contributed by atoms with Crippen molar-refractivity contribution < 1.29 is 48.3 Å². The number of hydrogen-bond acceptors (Lipinski definition) is 12. The lowest BCUT2D eigenvalue weighted by Crippen LogP contribution is -2.58. The molecule has 1 aliphatic heterocycles. The molecule has 0 aromatic rings. The number of unbranched alkanes of at least 4 members (excludes halogenated alkanes) is 28. The Morgan fingerprint density at radius 3 is 1.24 bits per heavy atom. The highest BCUT2D eigenvalue weighted by molar-refractivity contribution is 7.99. The summed E-state index contributed by atoms with van der Waals surface area (Å²) in [6.45, 7) is 8.06. The molecule has 1 unspecified atom stereocenters. The smallest absolute Gasteiger partial charge is 0.326 e. The Balaban J connectivity index is 2.90. The van der Waals surface area contributed by atoms with E-state index in [9.17, 15) is 48.3 Å². The lowest BCUT2D eigenvalue weighted by Gasteiger charge is -2.26. The molecule has 21 heteroatoms. The zero-order chi connectivity index (χ0) is 64.8. The third-order valence-corrected chi connectivity index (χ3v) is 18.0. The van der Waals surface area contributed by atoms with Gasteiger partial charge in [-0.2, -0.15) is 11.8 Å². The van der Waals surface area contributed by atoms with Crippen LogP contribution in [0.15, 0.2) is 0 Å². The van der Waals surface area contributed by atoms with Gasteiger partial charge in [0.1, 0.15) is 30.2 Å². The molecule has 0 spiro atoms. The van der Waals surface area contributed by atoms with Crippen molar-refractivity contribution in [2.24, 2.45) is 23.1 Å². The van der Waals surface area contributed by atoms with Crippen molar-refractivity contribution in [3.05, 3.63) is 0 Å². The minimum atomic E-state index is -1.10. The number of carboxylic acids is 1. The van der Waals surface area contributed by atoms with Crippen molar-refractivity contribution in [1.29, 1.82) is 0 Å². The number of nitrogens with two attached hydrogens (primary N) is 3. The van der Waals surface area contributed by atoms with Crippen molar-refractivity contribution >= 4 is 65.0 Å². The van der Waals surface area contributed by atoms with Crippen molar-refractivity contribution in [1.82, 2.24) is 36.8 Å². The van der Waals surface area contributed by atoms with E-state index in [-0.39, 0.29) is 68.0 Å². The maximum absolute atomic E-state index is 14.3. The highest BCUT2D eigenvalue weighted by Gasteiger charge is 2.36. The first-order valence-electron chi connectivity index (χ1n) is 35.1. The number of amides is 8. The summed E-state index contributed by atoms with van der Waals surface area (Å²) in [5.74, 6) is -4.23. The molecule has 1 aliphatic rings. The van der Waals surface area contributed by atoms with Gasteiger partial charge < -0.3 is 59.1 Å². The number of nitrogens with one attached hydrogen (secondary N) is 6. The van der Waals surface area contributed by atoms with Crippen molar-refractivity contribution in [2.75, 3.05) is 44.2 Å². The summed E-state index contributed by atoms with van der Waals surface area (Å²) < 4.78 is 0. The Morgan fingerprint density at radius 1 is 0.466 bits per heavy atom. The number of aliphatic carboxylic acids is 1. The molecule has 1 heterocycles. The number of hydrogen-bond donors (Lipinski definition) is 10. The molecule has 0 aliphatic carbocycles. The summed E-state index contributed by atoms with van der Waals surface area (Å²) in [5.41, 5.74) is 17.4. The van der Waals surface area contributed by atoms with Gasteiger partial charge in [0.25, 0.3) is 0 Å². The van der Waals surface area contributed by atoms with Crippen LogP contribution in [0.3, 0.4) is 0 Å². The molecule has 1 rings (SSSR count). The molecule has 0 aromatic heterocycles. The van der Waals surface area contributed by atoms with E-state index < -0.39 is 65.7 Å². The molecule has 6 atom stereocenters. The van der Waals surface area contributed by atoms with E-state index in [1.54, 1.807) is 6.92 Å². The Hall–Kier alpha value is -4.50. The average Bonchev–Trinajstić information content (AvgIpc) is 4.10. The zero-order valence-electron chi connectivity index (χ0n) is 55.3. The molecule has 0 saturated carbocycles. The standard InChI is InChI=1S/C67H126N10O10S/c1-4-6-8-10-12-14-16-18-20-22-24-26-28-44-59(78)71-48-37-33-42-55(73-60(79)45-29-27-25-23-21-19-17-15-13-11-9-7-5-2)63(82)75-57(41-31-35-47-69)65(84)76-56(40-30-34-46-68)64(83)74-54(62(70)81)39-32-36-49-72-61(80)52-88-51-53(3)66(85)77-50-38-43-58(77)67(86)87/h53-58H,4-52,68-69H2,1-3H3,(H2,70,81)(H,71,78)(H,72,80)(H,73,79)(H,74,83)(H,75,82)(H,76,84)(H,86,87)/t53-,54+,55+,56+,57+,58?/m1/s1. The third kappa shape index (κ3) is 42.5. The van der Waals surface area contributed by atoms with E-state index in [0.29, 0.717) is 109 Å². The largest absolute Gasteiger partial charge is 0.480 e. The van der Waals surface area contributed by atoms with Crippen LogP contribution < -0.4 is 49.1 Å². The predicted octanol–water partition coefficient (Wildman–Crippen LogP) is 9.65. The summed E-state index contributed by atoms with van der Waals surface area (Å²) in [4.78, 5) is 120. The number of carboxylic acid groups (broad SMARTS) is 1. The van der Waals surface area contributed by atoms with E-state index in [1.807, 2.05) is 0 Å². The third-order valence-electron chi connectivity index (χ3n) is 16.8. The fraction of sp³-hybridized carbons (Fsp3) is 0.866. The van der Waals surface area contributed by atoms with E-state index >= 15 is 0 Å². The first-order chi connectivity index (χ1) is 42.6. The molecule has 0 radical (unpaired) electrons. The van der Waals surface area contributed by atoms with Crippen LogP contribution in [0.4, 0.5) is 0 Å². The lowest BCUT2D eigenvalue weighted by molar-refractivity contribution is -0.149. The summed E-state index contributed by atoms with van der Waals surface area (Å²) in [5, 5.41) is 26.7. The van der Waals surface area contributed by atoms with E-state index in [0.717, 1.165) is 38.5 Å². The van der Waals surface area contributed by atoms with Gasteiger partial charge in [-0.25, -0.2) is 4.79 Å². The predicted molar refractivity (Wildman–Crippen MR) is 356 cm³/mol. The average molecular weight is 1260 g/mol. The van der Waals surface area contributed by atoms with Gasteiger partial charge in [0.15, 0.2) is 0 Å². The second-order valence-electron chi connectivity index (χ2n) is 24.9. The molecule has 20 nitrogen and oxygen atoms in total. The molecule has 8 amide bonds. The Labute approximate surface area is 535 Å². The maximum Gasteiger partial charge on any atom is 0.326 e. The SMILES string of the molecule is CCCCCCCCCCCCCCCC(=O)NCCCC[C@H](NC(=O)CCCCCCCCCCCCCCC)C(=O)N[C@@H](CCCCN)C(=O)N[C@@H](CCCCN)C(=O)N[C@@H](CCCCNC(=O)CSC[C@@H](C)C(=O)N1CCCC1C(=O)O)C(N)=O. The monoisotopic (exact) mass is 1260 g/mol. The minimum Gasteiger partial charge on any atom is -0.480 e. The second-order valence-corrected chi connectivity index (χ2v) is 25.9. The second kappa shape index (κ2) is 55.4. The maximum atomic E-state index is 14.3. The number of nitrogens with zero attached hydrogens (tertiary/aromatic N) is 1. The van der Waals surface area contributed by atoms with E-state index in [4.69, 9.17) is 17.2 Å². The van der Waals surface area contributed by atoms with Crippen LogP contribution in [-0.2, 0) is 43.2 Å². The molecule has 1 fully saturated rings. The summed E-state index contributed by atoms with van der Waals surface area (Å²) in [7, 11) is 0. The van der Waals surface area contributed by atoms with E-state index in [1.165, 1.54) is 139 Å². The molecule has 0 bridgehead atoms. The Bertz CT molecular complexity index is 1900. The summed E-state index contributed by atoms with van der Waals surface area (Å²) in [6, 6.07) is -5.02. The summed E-state index contributed by atoms with van der Waals surface area (Å²) >= 11 is 1.28. The van der Waals surface area contributed by atoms with Gasteiger partial charge in [-0.05, 0) is 116 Å². The molecule has 1 saturated heterocycles. The van der Waals surface area contributed by atoms with Gasteiger partial charge in [0.05, 0.1) is 5.75 Å². The van der Waals surface area contributed by atoms with Gasteiger partial charge >= 0.3 is 5.97 Å². The van der Waals surface area contributed by atoms with Crippen LogP contribution in [-0.4, -0.2) is 138 Å². The quantitative estimate of drug-likeness (QED) is 0.0254. The highest BCUT2D eigenvalue weighted by Crippen LogP contribution is 2.22. The fourth-order valence-electron chi connectivity index (χ4n) is 11.3. The van der Waals surface area contributed by atoms with Crippen LogP contribution in [0.2, 0.25) is 0 Å². The van der Waals surface area contributed by atoms with Crippen molar-refractivity contribution in [3.8, 4) is 0 Å². The van der Waals surface area contributed by atoms with Crippen molar-refractivity contribution in [3.63, 3.8) is 0 Å². The Morgan fingerprint density at radius 2 is 0.830 bits per heavy atom. The van der Waals surface area contributed by atoms with Crippen LogP contribution >= 0.6 is 11.8 Å². The Kier molecular flexibility index (Phi) is 51.3. The molecule has 88 heavy (non-hydrogen) atoms. The first kappa shape index (κ1) is 81.5. The number of thioether (sulfide) groups is 1. The van der Waals surface area contributed by atoms with Gasteiger partial charge in [0.2, 0.25) is 47.3 Å².